The lowest BCUT2D eigenvalue weighted by molar-refractivity contribution is 0.128. The van der Waals surface area contributed by atoms with Gasteiger partial charge in [-0.1, -0.05) is 30.3 Å². The predicted octanol–water partition coefficient (Wildman–Crippen LogP) is 2.75. The lowest BCUT2D eigenvalue weighted by Gasteiger charge is -2.21. The summed E-state index contributed by atoms with van der Waals surface area (Å²) in [6.45, 7) is 4.06. The largest absolute Gasteiger partial charge is 0.473 e. The first-order chi connectivity index (χ1) is 11.5. The molecule has 1 heterocycles. The second kappa shape index (κ2) is 8.31. The number of ether oxygens (including phenoxy) is 1. The molecule has 1 aromatic heterocycles. The number of pyridine rings is 1. The topological polar surface area (TPSA) is 82.9 Å². The fraction of sp³-hybridized carbons (Fsp3) is 0.333. The Kier molecular flexibility index (Phi) is 6.14. The summed E-state index contributed by atoms with van der Waals surface area (Å²) in [4.78, 5) is 16.9. The van der Waals surface area contributed by atoms with Crippen molar-refractivity contribution in [2.24, 2.45) is 0 Å². The van der Waals surface area contributed by atoms with E-state index in [0.717, 1.165) is 21.7 Å². The van der Waals surface area contributed by atoms with Crippen LogP contribution in [-0.4, -0.2) is 39.3 Å². The molecular weight excluding hydrogens is 308 g/mol. The first-order valence-electron chi connectivity index (χ1n) is 7.74. The van der Waals surface area contributed by atoms with Crippen molar-refractivity contribution in [2.75, 3.05) is 13.2 Å². The molecule has 2 N–H and O–H groups in total. The van der Waals surface area contributed by atoms with Gasteiger partial charge in [0.15, 0.2) is 0 Å². The van der Waals surface area contributed by atoms with Crippen LogP contribution in [0.2, 0.25) is 0 Å². The third-order valence-corrected chi connectivity index (χ3v) is 3.65. The zero-order valence-electron chi connectivity index (χ0n) is 13.9. The molecule has 0 saturated carbocycles. The number of benzene rings is 1. The van der Waals surface area contributed by atoms with Gasteiger partial charge >= 0.3 is 6.09 Å². The van der Waals surface area contributed by atoms with Crippen LogP contribution in [0, 0.1) is 13.8 Å². The van der Waals surface area contributed by atoms with Gasteiger partial charge in [-0.25, -0.2) is 9.78 Å². The molecule has 0 unspecified atom stereocenters. The Hall–Kier alpha value is -2.60. The molecular formula is C18H22N2O4. The highest BCUT2D eigenvalue weighted by atomic mass is 16.5. The van der Waals surface area contributed by atoms with Crippen molar-refractivity contribution in [3.8, 4) is 5.88 Å². The molecule has 0 fully saturated rings. The van der Waals surface area contributed by atoms with Crippen molar-refractivity contribution in [3.05, 3.63) is 58.8 Å². The normalized spacial score (nSPS) is 10.5. The predicted molar refractivity (Wildman–Crippen MR) is 90.0 cm³/mol. The summed E-state index contributed by atoms with van der Waals surface area (Å²) < 4.78 is 5.85. The van der Waals surface area contributed by atoms with E-state index in [1.54, 1.807) is 0 Å². The Bertz CT molecular complexity index is 689. The van der Waals surface area contributed by atoms with Gasteiger partial charge in [0.05, 0.1) is 13.2 Å². The molecule has 0 bridgehead atoms. The van der Waals surface area contributed by atoms with E-state index < -0.39 is 6.09 Å². The first kappa shape index (κ1) is 17.7. The number of aliphatic hydroxyl groups is 1. The van der Waals surface area contributed by atoms with Gasteiger partial charge in [0.1, 0.15) is 6.61 Å². The number of nitrogens with zero attached hydrogens (tertiary/aromatic N) is 2. The molecule has 24 heavy (non-hydrogen) atoms. The minimum Gasteiger partial charge on any atom is -0.473 e. The summed E-state index contributed by atoms with van der Waals surface area (Å²) in [6, 6.07) is 11.6. The van der Waals surface area contributed by atoms with Gasteiger partial charge in [-0.2, -0.15) is 0 Å². The fourth-order valence-electron chi connectivity index (χ4n) is 2.42. The van der Waals surface area contributed by atoms with Gasteiger partial charge in [0.2, 0.25) is 5.88 Å². The Balaban J connectivity index is 2.24. The number of rotatable bonds is 7. The number of aliphatic hydroxyl groups excluding tert-OH is 1. The van der Waals surface area contributed by atoms with Crippen LogP contribution in [-0.2, 0) is 13.2 Å². The maximum Gasteiger partial charge on any atom is 0.407 e. The van der Waals surface area contributed by atoms with E-state index in [-0.39, 0.29) is 19.7 Å². The second-order valence-electron chi connectivity index (χ2n) is 5.57. The molecule has 1 amide bonds. The van der Waals surface area contributed by atoms with Crippen molar-refractivity contribution >= 4 is 6.09 Å². The molecule has 2 aromatic rings. The summed E-state index contributed by atoms with van der Waals surface area (Å²) in [5.41, 5.74) is 3.44. The first-order valence-corrected chi connectivity index (χ1v) is 7.74. The molecule has 0 aliphatic rings. The Morgan fingerprint density at radius 3 is 2.58 bits per heavy atom. The summed E-state index contributed by atoms with van der Waals surface area (Å²) in [5, 5.41) is 18.3. The summed E-state index contributed by atoms with van der Waals surface area (Å²) >= 11 is 0. The van der Waals surface area contributed by atoms with Gasteiger partial charge < -0.3 is 19.8 Å². The van der Waals surface area contributed by atoms with Gasteiger partial charge in [0.25, 0.3) is 0 Å². The molecule has 6 heteroatoms. The zero-order chi connectivity index (χ0) is 17.5. The molecule has 0 atom stereocenters. The molecule has 128 valence electrons. The highest BCUT2D eigenvalue weighted by molar-refractivity contribution is 5.65. The minimum absolute atomic E-state index is 0.0424. The van der Waals surface area contributed by atoms with Crippen molar-refractivity contribution in [1.82, 2.24) is 9.88 Å². The van der Waals surface area contributed by atoms with Crippen LogP contribution in [0.25, 0.3) is 0 Å². The van der Waals surface area contributed by atoms with Crippen LogP contribution in [0.1, 0.15) is 22.4 Å². The van der Waals surface area contributed by atoms with Crippen molar-refractivity contribution in [1.29, 1.82) is 0 Å². The quantitative estimate of drug-likeness (QED) is 0.815. The average molecular weight is 330 g/mol. The molecule has 1 aromatic carbocycles. The smallest absolute Gasteiger partial charge is 0.407 e. The SMILES string of the molecule is Cc1cc(C)c(CN(CCO)C(=O)O)c(OCc2ccccc2)n1. The number of aromatic nitrogens is 1. The lowest BCUT2D eigenvalue weighted by atomic mass is 10.1. The number of aryl methyl sites for hydroxylation is 2. The number of carboxylic acid groups (broad SMARTS) is 1. The number of hydrogen-bond donors (Lipinski definition) is 2. The highest BCUT2D eigenvalue weighted by Crippen LogP contribution is 2.24. The van der Waals surface area contributed by atoms with Crippen LogP contribution in [0.3, 0.4) is 0 Å². The molecule has 6 nitrogen and oxygen atoms in total. The summed E-state index contributed by atoms with van der Waals surface area (Å²) in [7, 11) is 0. The molecule has 0 spiro atoms. The van der Waals surface area contributed by atoms with Crippen LogP contribution in [0.15, 0.2) is 36.4 Å². The molecule has 0 radical (unpaired) electrons. The second-order valence-corrected chi connectivity index (χ2v) is 5.57. The van der Waals surface area contributed by atoms with E-state index in [1.165, 1.54) is 0 Å². The number of carbonyl (C=O) groups is 1. The van der Waals surface area contributed by atoms with E-state index in [2.05, 4.69) is 4.98 Å². The molecule has 0 saturated heterocycles. The van der Waals surface area contributed by atoms with Crippen LogP contribution in [0.4, 0.5) is 4.79 Å². The van der Waals surface area contributed by atoms with Crippen molar-refractivity contribution < 1.29 is 19.7 Å². The van der Waals surface area contributed by atoms with Crippen molar-refractivity contribution in [2.45, 2.75) is 27.0 Å². The maximum atomic E-state index is 11.3. The Labute approximate surface area is 141 Å². The maximum absolute atomic E-state index is 11.3. The van der Waals surface area contributed by atoms with Crippen molar-refractivity contribution in [3.63, 3.8) is 0 Å². The van der Waals surface area contributed by atoms with E-state index in [4.69, 9.17) is 9.84 Å². The summed E-state index contributed by atoms with van der Waals surface area (Å²) in [5.74, 6) is 0.431. The van der Waals surface area contributed by atoms with Crippen LogP contribution < -0.4 is 4.74 Å². The highest BCUT2D eigenvalue weighted by Gasteiger charge is 2.18. The third-order valence-electron chi connectivity index (χ3n) is 3.65. The monoisotopic (exact) mass is 330 g/mol. The standard InChI is InChI=1S/C18H22N2O4/c1-13-10-14(2)19-17(24-12-15-6-4-3-5-7-15)16(13)11-20(8-9-21)18(22)23/h3-7,10,21H,8-9,11-12H2,1-2H3,(H,22,23). The van der Waals surface area contributed by atoms with Gasteiger partial charge in [-0.3, -0.25) is 0 Å². The van der Waals surface area contributed by atoms with E-state index in [0.29, 0.717) is 18.1 Å². The average Bonchev–Trinajstić information content (AvgIpc) is 2.55. The van der Waals surface area contributed by atoms with Gasteiger partial charge in [-0.05, 0) is 31.0 Å². The third kappa shape index (κ3) is 4.70. The number of hydrogen-bond acceptors (Lipinski definition) is 4. The molecule has 2 rings (SSSR count). The Morgan fingerprint density at radius 2 is 1.96 bits per heavy atom. The van der Waals surface area contributed by atoms with E-state index in [1.807, 2.05) is 50.2 Å². The summed E-state index contributed by atoms with van der Waals surface area (Å²) in [6.07, 6.45) is -1.09. The molecule has 0 aliphatic carbocycles. The van der Waals surface area contributed by atoms with Gasteiger partial charge in [-0.15, -0.1) is 0 Å². The van der Waals surface area contributed by atoms with E-state index in [9.17, 15) is 9.90 Å². The minimum atomic E-state index is -1.09. The lowest BCUT2D eigenvalue weighted by Crippen LogP contribution is -2.32. The van der Waals surface area contributed by atoms with Crippen LogP contribution in [0.5, 0.6) is 5.88 Å². The fourth-order valence-corrected chi connectivity index (χ4v) is 2.42. The van der Waals surface area contributed by atoms with Gasteiger partial charge in [0, 0.05) is 17.8 Å². The van der Waals surface area contributed by atoms with E-state index >= 15 is 0 Å². The number of amides is 1. The zero-order valence-corrected chi connectivity index (χ0v) is 13.9. The Morgan fingerprint density at radius 1 is 1.25 bits per heavy atom. The van der Waals surface area contributed by atoms with Crippen LogP contribution >= 0.6 is 0 Å². The molecule has 0 aliphatic heterocycles.